The normalized spacial score (nSPS) is 9.70. The molecular weight excluding hydrogens is 126 g/mol. The van der Waals surface area contributed by atoms with Gasteiger partial charge in [0.05, 0.1) is 0 Å². The monoisotopic (exact) mass is 137 g/mol. The van der Waals surface area contributed by atoms with Crippen LogP contribution in [0.1, 0.15) is 18.9 Å². The molecule has 0 fully saturated rings. The van der Waals surface area contributed by atoms with Crippen molar-refractivity contribution >= 4 is 0 Å². The molecule has 0 aliphatic heterocycles. The van der Waals surface area contributed by atoms with E-state index in [-0.39, 0.29) is 5.56 Å². The van der Waals surface area contributed by atoms with Gasteiger partial charge in [0.1, 0.15) is 0 Å². The van der Waals surface area contributed by atoms with Crippen LogP contribution in [0.15, 0.2) is 23.1 Å². The first-order chi connectivity index (χ1) is 4.83. The van der Waals surface area contributed by atoms with E-state index in [1.165, 1.54) is 0 Å². The van der Waals surface area contributed by atoms with Gasteiger partial charge in [0.2, 0.25) is 5.56 Å². The number of aromatic nitrogens is 1. The van der Waals surface area contributed by atoms with Crippen LogP contribution in [0.5, 0.6) is 0 Å². The maximum atomic E-state index is 10.7. The molecule has 0 amide bonds. The molecular formula is C8H11NO. The lowest BCUT2D eigenvalue weighted by molar-refractivity contribution is 0.915. The van der Waals surface area contributed by atoms with Crippen LogP contribution in [-0.2, 0) is 6.42 Å². The molecule has 54 valence electrons. The van der Waals surface area contributed by atoms with Crippen LogP contribution in [0.25, 0.3) is 0 Å². The minimum atomic E-state index is -0.00838. The van der Waals surface area contributed by atoms with Gasteiger partial charge in [-0.25, -0.2) is 0 Å². The van der Waals surface area contributed by atoms with Crippen molar-refractivity contribution in [2.24, 2.45) is 0 Å². The van der Waals surface area contributed by atoms with Gasteiger partial charge in [-0.15, -0.1) is 0 Å². The molecule has 0 aromatic carbocycles. The van der Waals surface area contributed by atoms with E-state index in [2.05, 4.69) is 11.9 Å². The molecule has 0 saturated heterocycles. The Bertz CT molecular complexity index is 251. The SMILES string of the molecule is CCCc1cc[nH]c(=O)c1. The summed E-state index contributed by atoms with van der Waals surface area (Å²) in [5, 5.41) is 0. The summed E-state index contributed by atoms with van der Waals surface area (Å²) in [6.07, 6.45) is 3.76. The predicted molar refractivity (Wildman–Crippen MR) is 41.1 cm³/mol. The molecule has 0 unspecified atom stereocenters. The van der Waals surface area contributed by atoms with Crippen LogP contribution in [0, 0.1) is 0 Å². The first kappa shape index (κ1) is 7.06. The van der Waals surface area contributed by atoms with Crippen molar-refractivity contribution in [1.82, 2.24) is 4.98 Å². The zero-order valence-electron chi connectivity index (χ0n) is 6.05. The molecule has 2 heteroatoms. The molecule has 0 radical (unpaired) electrons. The largest absolute Gasteiger partial charge is 0.329 e. The predicted octanol–water partition coefficient (Wildman–Crippen LogP) is 1.33. The molecule has 0 aliphatic rings. The maximum Gasteiger partial charge on any atom is 0.248 e. The molecule has 0 atom stereocenters. The van der Waals surface area contributed by atoms with E-state index in [0.29, 0.717) is 0 Å². The molecule has 1 aromatic rings. The number of hydrogen-bond acceptors (Lipinski definition) is 1. The average Bonchev–Trinajstić information content (AvgIpc) is 1.88. The molecule has 10 heavy (non-hydrogen) atoms. The topological polar surface area (TPSA) is 32.9 Å². The summed E-state index contributed by atoms with van der Waals surface area (Å²) in [5.41, 5.74) is 1.11. The highest BCUT2D eigenvalue weighted by Crippen LogP contribution is 1.96. The summed E-state index contributed by atoms with van der Waals surface area (Å²) in [6, 6.07) is 3.58. The first-order valence-corrected chi connectivity index (χ1v) is 3.50. The summed E-state index contributed by atoms with van der Waals surface area (Å²) in [6.45, 7) is 2.10. The van der Waals surface area contributed by atoms with Gasteiger partial charge in [0, 0.05) is 12.3 Å². The van der Waals surface area contributed by atoms with E-state index in [9.17, 15) is 4.79 Å². The fraction of sp³-hybridized carbons (Fsp3) is 0.375. The van der Waals surface area contributed by atoms with E-state index >= 15 is 0 Å². The fourth-order valence-corrected chi connectivity index (χ4v) is 0.933. The molecule has 2 nitrogen and oxygen atoms in total. The zero-order valence-corrected chi connectivity index (χ0v) is 6.05. The lowest BCUT2D eigenvalue weighted by Gasteiger charge is -1.93. The van der Waals surface area contributed by atoms with Gasteiger partial charge >= 0.3 is 0 Å². The van der Waals surface area contributed by atoms with Crippen molar-refractivity contribution in [3.8, 4) is 0 Å². The second-order valence-corrected chi connectivity index (χ2v) is 2.31. The standard InChI is InChI=1S/C8H11NO/c1-2-3-7-4-5-9-8(10)6-7/h4-6H,2-3H2,1H3,(H,9,10). The Balaban J connectivity index is 2.85. The van der Waals surface area contributed by atoms with Gasteiger partial charge in [-0.1, -0.05) is 13.3 Å². The van der Waals surface area contributed by atoms with Crippen molar-refractivity contribution in [2.75, 3.05) is 0 Å². The Kier molecular flexibility index (Phi) is 2.26. The number of hydrogen-bond donors (Lipinski definition) is 1. The molecule has 1 aromatic heterocycles. The van der Waals surface area contributed by atoms with Gasteiger partial charge < -0.3 is 4.98 Å². The molecule has 0 bridgehead atoms. The number of aryl methyl sites for hydroxylation is 1. The number of rotatable bonds is 2. The second-order valence-electron chi connectivity index (χ2n) is 2.31. The highest BCUT2D eigenvalue weighted by atomic mass is 16.1. The quantitative estimate of drug-likeness (QED) is 0.655. The van der Waals surface area contributed by atoms with Crippen LogP contribution in [0.2, 0.25) is 0 Å². The van der Waals surface area contributed by atoms with Crippen LogP contribution in [0.3, 0.4) is 0 Å². The molecule has 1 N–H and O–H groups in total. The smallest absolute Gasteiger partial charge is 0.248 e. The number of H-pyrrole nitrogens is 1. The summed E-state index contributed by atoms with van der Waals surface area (Å²) in [4.78, 5) is 13.3. The Hall–Kier alpha value is -1.05. The summed E-state index contributed by atoms with van der Waals surface area (Å²) >= 11 is 0. The third-order valence-electron chi connectivity index (χ3n) is 1.38. The highest BCUT2D eigenvalue weighted by Gasteiger charge is 1.89. The van der Waals surface area contributed by atoms with E-state index in [0.717, 1.165) is 18.4 Å². The Labute approximate surface area is 59.9 Å². The molecule has 1 rings (SSSR count). The van der Waals surface area contributed by atoms with Crippen LogP contribution in [0.4, 0.5) is 0 Å². The zero-order chi connectivity index (χ0) is 7.40. The van der Waals surface area contributed by atoms with Crippen molar-refractivity contribution in [2.45, 2.75) is 19.8 Å². The van der Waals surface area contributed by atoms with Gasteiger partial charge in [0.25, 0.3) is 0 Å². The Morgan fingerprint density at radius 2 is 2.40 bits per heavy atom. The Morgan fingerprint density at radius 1 is 1.60 bits per heavy atom. The second kappa shape index (κ2) is 3.20. The third-order valence-corrected chi connectivity index (χ3v) is 1.38. The number of nitrogens with one attached hydrogen (secondary N) is 1. The molecule has 1 heterocycles. The Morgan fingerprint density at radius 3 is 3.00 bits per heavy atom. The van der Waals surface area contributed by atoms with Gasteiger partial charge in [-0.2, -0.15) is 0 Å². The summed E-state index contributed by atoms with van der Waals surface area (Å²) in [5.74, 6) is 0. The molecule has 0 saturated carbocycles. The van der Waals surface area contributed by atoms with E-state index in [1.54, 1.807) is 12.3 Å². The van der Waals surface area contributed by atoms with Crippen LogP contribution >= 0.6 is 0 Å². The molecule has 0 spiro atoms. The van der Waals surface area contributed by atoms with E-state index in [4.69, 9.17) is 0 Å². The van der Waals surface area contributed by atoms with E-state index in [1.807, 2.05) is 6.07 Å². The van der Waals surface area contributed by atoms with Crippen molar-refractivity contribution < 1.29 is 0 Å². The first-order valence-electron chi connectivity index (χ1n) is 3.50. The van der Waals surface area contributed by atoms with Gasteiger partial charge in [-0.05, 0) is 18.1 Å². The maximum absolute atomic E-state index is 10.7. The van der Waals surface area contributed by atoms with Gasteiger partial charge in [-0.3, -0.25) is 4.79 Å². The molecule has 0 aliphatic carbocycles. The van der Waals surface area contributed by atoms with Crippen LogP contribution in [-0.4, -0.2) is 4.98 Å². The summed E-state index contributed by atoms with van der Waals surface area (Å²) < 4.78 is 0. The highest BCUT2D eigenvalue weighted by molar-refractivity contribution is 5.09. The van der Waals surface area contributed by atoms with Crippen LogP contribution < -0.4 is 5.56 Å². The minimum absolute atomic E-state index is 0.00838. The number of pyridine rings is 1. The lowest BCUT2D eigenvalue weighted by atomic mass is 10.2. The number of aromatic amines is 1. The average molecular weight is 137 g/mol. The fourth-order valence-electron chi connectivity index (χ4n) is 0.933. The van der Waals surface area contributed by atoms with Gasteiger partial charge in [0.15, 0.2) is 0 Å². The van der Waals surface area contributed by atoms with Crippen molar-refractivity contribution in [3.05, 3.63) is 34.2 Å². The van der Waals surface area contributed by atoms with E-state index < -0.39 is 0 Å². The van der Waals surface area contributed by atoms with Crippen molar-refractivity contribution in [1.29, 1.82) is 0 Å². The summed E-state index contributed by atoms with van der Waals surface area (Å²) in [7, 11) is 0. The lowest BCUT2D eigenvalue weighted by Crippen LogP contribution is -2.03. The van der Waals surface area contributed by atoms with Crippen molar-refractivity contribution in [3.63, 3.8) is 0 Å². The minimum Gasteiger partial charge on any atom is -0.329 e. The third kappa shape index (κ3) is 1.72.